The minimum Gasteiger partial charge on any atom is -0.353 e. The molecule has 0 unspecified atom stereocenters. The zero-order valence-corrected chi connectivity index (χ0v) is 15.5. The first-order valence-corrected chi connectivity index (χ1v) is 9.18. The molecule has 0 bridgehead atoms. The standard InChI is InChI=1S/C15H19Cl2N3O2S/c1-19(2)14(13-5-4-8-20(13)3)10-18-23(21,22)15-9-11(16)6-7-12(15)17/h4-9,14,18H,10H2,1-3H3/t14-/m1/s1. The summed E-state index contributed by atoms with van der Waals surface area (Å²) in [6.45, 7) is 0.218. The number of aromatic nitrogens is 1. The minimum absolute atomic E-state index is 0.0175. The molecule has 1 atom stereocenters. The fourth-order valence-electron chi connectivity index (χ4n) is 2.32. The molecule has 0 saturated carbocycles. The van der Waals surface area contributed by atoms with Gasteiger partial charge >= 0.3 is 0 Å². The van der Waals surface area contributed by atoms with Gasteiger partial charge in [-0.1, -0.05) is 23.2 Å². The third-order valence-corrected chi connectivity index (χ3v) is 5.74. The molecule has 0 aliphatic rings. The van der Waals surface area contributed by atoms with E-state index in [1.165, 1.54) is 12.1 Å². The number of halogens is 2. The Labute approximate surface area is 146 Å². The molecule has 2 rings (SSSR count). The van der Waals surface area contributed by atoms with Gasteiger partial charge in [0.15, 0.2) is 0 Å². The van der Waals surface area contributed by atoms with E-state index in [-0.39, 0.29) is 22.5 Å². The Hall–Kier alpha value is -1.05. The van der Waals surface area contributed by atoms with Crippen LogP contribution in [0.15, 0.2) is 41.4 Å². The SMILES string of the molecule is CN(C)[C@H](CNS(=O)(=O)c1cc(Cl)ccc1Cl)c1cccn1C. The average molecular weight is 376 g/mol. The van der Waals surface area contributed by atoms with Crippen molar-refractivity contribution in [3.05, 3.63) is 52.3 Å². The second kappa shape index (κ2) is 7.23. The molecule has 0 radical (unpaired) electrons. The first-order chi connectivity index (χ1) is 10.7. The van der Waals surface area contributed by atoms with Crippen molar-refractivity contribution in [3.63, 3.8) is 0 Å². The van der Waals surface area contributed by atoms with Gasteiger partial charge in [0.05, 0.1) is 11.1 Å². The Bertz CT molecular complexity index is 788. The molecular formula is C15H19Cl2N3O2S. The van der Waals surface area contributed by atoms with Crippen LogP contribution >= 0.6 is 23.2 Å². The van der Waals surface area contributed by atoms with Crippen LogP contribution in [-0.4, -0.2) is 38.5 Å². The van der Waals surface area contributed by atoms with Crippen molar-refractivity contribution < 1.29 is 8.42 Å². The average Bonchev–Trinajstić information content (AvgIpc) is 2.87. The highest BCUT2D eigenvalue weighted by molar-refractivity contribution is 7.89. The lowest BCUT2D eigenvalue weighted by atomic mass is 10.2. The van der Waals surface area contributed by atoms with Gasteiger partial charge in [0, 0.05) is 30.5 Å². The zero-order chi connectivity index (χ0) is 17.2. The van der Waals surface area contributed by atoms with E-state index in [1.807, 2.05) is 48.9 Å². The van der Waals surface area contributed by atoms with Gasteiger partial charge in [0.25, 0.3) is 0 Å². The van der Waals surface area contributed by atoms with Crippen LogP contribution in [0.25, 0.3) is 0 Å². The molecule has 1 N–H and O–H groups in total. The Balaban J connectivity index is 2.23. The summed E-state index contributed by atoms with van der Waals surface area (Å²) < 4.78 is 29.6. The molecule has 23 heavy (non-hydrogen) atoms. The highest BCUT2D eigenvalue weighted by atomic mass is 35.5. The van der Waals surface area contributed by atoms with E-state index >= 15 is 0 Å². The number of benzene rings is 1. The Morgan fingerprint density at radius 3 is 2.52 bits per heavy atom. The molecule has 1 heterocycles. The Kier molecular flexibility index (Phi) is 5.75. The minimum atomic E-state index is -3.75. The van der Waals surface area contributed by atoms with Crippen LogP contribution in [0.1, 0.15) is 11.7 Å². The van der Waals surface area contributed by atoms with Crippen LogP contribution in [-0.2, 0) is 17.1 Å². The molecule has 5 nitrogen and oxygen atoms in total. The predicted molar refractivity (Wildman–Crippen MR) is 93.5 cm³/mol. The molecule has 126 valence electrons. The fourth-order valence-corrected chi connectivity index (χ4v) is 4.12. The summed E-state index contributed by atoms with van der Waals surface area (Å²) in [4.78, 5) is 1.94. The number of sulfonamides is 1. The largest absolute Gasteiger partial charge is 0.353 e. The topological polar surface area (TPSA) is 54.3 Å². The maximum absolute atomic E-state index is 12.5. The van der Waals surface area contributed by atoms with Crippen LogP contribution in [0.5, 0.6) is 0 Å². The number of aryl methyl sites for hydroxylation is 1. The second-order valence-corrected chi connectivity index (χ2v) is 8.03. The fraction of sp³-hybridized carbons (Fsp3) is 0.333. The van der Waals surface area contributed by atoms with Crippen molar-refractivity contribution in [2.75, 3.05) is 20.6 Å². The molecule has 0 aliphatic heterocycles. The van der Waals surface area contributed by atoms with Crippen molar-refractivity contribution in [2.45, 2.75) is 10.9 Å². The number of likely N-dealkylation sites (N-methyl/N-ethyl adjacent to an activating group) is 1. The van der Waals surface area contributed by atoms with Crippen LogP contribution in [0.2, 0.25) is 10.0 Å². The van der Waals surface area contributed by atoms with Crippen LogP contribution in [0.4, 0.5) is 0 Å². The van der Waals surface area contributed by atoms with Crippen LogP contribution in [0.3, 0.4) is 0 Å². The van der Waals surface area contributed by atoms with E-state index in [0.29, 0.717) is 5.02 Å². The molecule has 1 aromatic carbocycles. The van der Waals surface area contributed by atoms with Crippen molar-refractivity contribution >= 4 is 33.2 Å². The normalized spacial score (nSPS) is 13.5. The van der Waals surface area contributed by atoms with Gasteiger partial charge in [-0.25, -0.2) is 13.1 Å². The van der Waals surface area contributed by atoms with E-state index in [9.17, 15) is 8.42 Å². The van der Waals surface area contributed by atoms with E-state index in [1.54, 1.807) is 6.07 Å². The molecule has 0 aliphatic carbocycles. The quantitative estimate of drug-likeness (QED) is 0.844. The van der Waals surface area contributed by atoms with Crippen molar-refractivity contribution in [1.82, 2.24) is 14.2 Å². The molecule has 0 saturated heterocycles. The molecule has 0 spiro atoms. The number of rotatable bonds is 6. The maximum atomic E-state index is 12.5. The van der Waals surface area contributed by atoms with E-state index in [2.05, 4.69) is 4.72 Å². The van der Waals surface area contributed by atoms with E-state index in [4.69, 9.17) is 23.2 Å². The number of hydrogen-bond acceptors (Lipinski definition) is 3. The maximum Gasteiger partial charge on any atom is 0.242 e. The van der Waals surface area contributed by atoms with Crippen LogP contribution < -0.4 is 4.72 Å². The highest BCUT2D eigenvalue weighted by Crippen LogP contribution is 2.25. The molecule has 0 fully saturated rings. The van der Waals surface area contributed by atoms with Gasteiger partial charge in [0.2, 0.25) is 10.0 Å². The lowest BCUT2D eigenvalue weighted by Crippen LogP contribution is -2.35. The summed E-state index contributed by atoms with van der Waals surface area (Å²) in [6, 6.07) is 8.15. The lowest BCUT2D eigenvalue weighted by molar-refractivity contribution is 0.289. The first-order valence-electron chi connectivity index (χ1n) is 6.95. The predicted octanol–water partition coefficient (Wildman–Crippen LogP) is 2.91. The van der Waals surface area contributed by atoms with Gasteiger partial charge in [0.1, 0.15) is 4.90 Å². The van der Waals surface area contributed by atoms with Gasteiger partial charge in [-0.05, 0) is 44.4 Å². The summed E-state index contributed by atoms with van der Waals surface area (Å²) in [6.07, 6.45) is 1.92. The number of nitrogens with one attached hydrogen (secondary N) is 1. The third kappa shape index (κ3) is 4.28. The van der Waals surface area contributed by atoms with Gasteiger partial charge in [-0.2, -0.15) is 0 Å². The smallest absolute Gasteiger partial charge is 0.242 e. The molecule has 1 aromatic heterocycles. The van der Waals surface area contributed by atoms with Gasteiger partial charge < -0.3 is 4.57 Å². The number of hydrogen-bond donors (Lipinski definition) is 1. The zero-order valence-electron chi connectivity index (χ0n) is 13.1. The summed E-state index contributed by atoms with van der Waals surface area (Å²) >= 11 is 11.9. The first kappa shape index (κ1) is 18.3. The monoisotopic (exact) mass is 375 g/mol. The number of nitrogens with zero attached hydrogens (tertiary/aromatic N) is 2. The van der Waals surface area contributed by atoms with Gasteiger partial charge in [-0.3, -0.25) is 4.90 Å². The molecule has 2 aromatic rings. The molecule has 8 heteroatoms. The van der Waals surface area contributed by atoms with Crippen molar-refractivity contribution in [2.24, 2.45) is 7.05 Å². The van der Waals surface area contributed by atoms with E-state index < -0.39 is 10.0 Å². The highest BCUT2D eigenvalue weighted by Gasteiger charge is 2.23. The summed E-state index contributed by atoms with van der Waals surface area (Å²) in [5, 5.41) is 0.462. The molecule has 0 amide bonds. The Morgan fingerprint density at radius 2 is 1.96 bits per heavy atom. The lowest BCUT2D eigenvalue weighted by Gasteiger charge is -2.25. The summed E-state index contributed by atoms with van der Waals surface area (Å²) in [5.41, 5.74) is 1.01. The Morgan fingerprint density at radius 1 is 1.26 bits per heavy atom. The van der Waals surface area contributed by atoms with Gasteiger partial charge in [-0.15, -0.1) is 0 Å². The summed E-state index contributed by atoms with van der Waals surface area (Å²) in [5.74, 6) is 0. The second-order valence-electron chi connectivity index (χ2n) is 5.45. The molecular weight excluding hydrogens is 357 g/mol. The van der Waals surface area contributed by atoms with Crippen molar-refractivity contribution in [1.29, 1.82) is 0 Å². The van der Waals surface area contributed by atoms with Crippen molar-refractivity contribution in [3.8, 4) is 0 Å². The van der Waals surface area contributed by atoms with E-state index in [0.717, 1.165) is 5.69 Å². The third-order valence-electron chi connectivity index (χ3n) is 3.60. The van der Waals surface area contributed by atoms with Crippen LogP contribution in [0, 0.1) is 0 Å². The summed E-state index contributed by atoms with van der Waals surface area (Å²) in [7, 11) is 1.98.